The quantitative estimate of drug-likeness (QED) is 0.759. The van der Waals surface area contributed by atoms with E-state index in [-0.39, 0.29) is 18.2 Å². The molecule has 5 heteroatoms. The van der Waals surface area contributed by atoms with E-state index in [1.54, 1.807) is 7.11 Å². The number of para-hydroxylation sites is 1. The standard InChI is InChI=1S/C20H24N2O3/c1-14(2)17-6-4-5-7-18(17)22-20(24)12-19(23)21-13-15-8-10-16(25-3)11-9-15/h4-11,14H,12-13H2,1-3H3,(H,21,23)(H,22,24). The van der Waals surface area contributed by atoms with Gasteiger partial charge >= 0.3 is 0 Å². The van der Waals surface area contributed by atoms with E-state index < -0.39 is 0 Å². The summed E-state index contributed by atoms with van der Waals surface area (Å²) in [5, 5.41) is 5.57. The molecule has 0 unspecified atom stereocenters. The van der Waals surface area contributed by atoms with E-state index in [1.165, 1.54) is 0 Å². The Morgan fingerprint density at radius 2 is 1.68 bits per heavy atom. The van der Waals surface area contributed by atoms with Crippen molar-refractivity contribution in [1.82, 2.24) is 5.32 Å². The van der Waals surface area contributed by atoms with Crippen molar-refractivity contribution >= 4 is 17.5 Å². The third-order valence-electron chi connectivity index (χ3n) is 3.83. The summed E-state index contributed by atoms with van der Waals surface area (Å²) in [5.41, 5.74) is 2.75. The first-order chi connectivity index (χ1) is 12.0. The van der Waals surface area contributed by atoms with Crippen LogP contribution in [0.3, 0.4) is 0 Å². The van der Waals surface area contributed by atoms with Crippen LogP contribution in [0, 0.1) is 0 Å². The maximum Gasteiger partial charge on any atom is 0.233 e. The highest BCUT2D eigenvalue weighted by Gasteiger charge is 2.12. The normalized spacial score (nSPS) is 10.4. The summed E-state index contributed by atoms with van der Waals surface area (Å²) in [6.07, 6.45) is -0.206. The molecule has 0 bridgehead atoms. The molecular formula is C20H24N2O3. The van der Waals surface area contributed by atoms with Crippen molar-refractivity contribution in [2.24, 2.45) is 0 Å². The van der Waals surface area contributed by atoms with Crippen molar-refractivity contribution in [2.75, 3.05) is 12.4 Å². The minimum atomic E-state index is -0.319. The van der Waals surface area contributed by atoms with Crippen molar-refractivity contribution in [3.05, 3.63) is 59.7 Å². The zero-order valence-corrected chi connectivity index (χ0v) is 14.8. The minimum Gasteiger partial charge on any atom is -0.497 e. The van der Waals surface area contributed by atoms with Crippen LogP contribution < -0.4 is 15.4 Å². The average Bonchev–Trinajstić information content (AvgIpc) is 2.60. The Morgan fingerprint density at radius 3 is 2.32 bits per heavy atom. The second-order valence-corrected chi connectivity index (χ2v) is 6.09. The number of carbonyl (C=O) groups is 2. The highest BCUT2D eigenvalue weighted by atomic mass is 16.5. The SMILES string of the molecule is COc1ccc(CNC(=O)CC(=O)Nc2ccccc2C(C)C)cc1. The van der Waals surface area contributed by atoms with Gasteiger partial charge in [0.15, 0.2) is 0 Å². The van der Waals surface area contributed by atoms with E-state index in [0.29, 0.717) is 12.5 Å². The van der Waals surface area contributed by atoms with Gasteiger partial charge in [-0.2, -0.15) is 0 Å². The van der Waals surface area contributed by atoms with Crippen LogP contribution in [0.1, 0.15) is 37.3 Å². The number of methoxy groups -OCH3 is 1. The molecule has 0 saturated carbocycles. The molecule has 2 aromatic rings. The molecule has 25 heavy (non-hydrogen) atoms. The molecule has 2 rings (SSSR count). The van der Waals surface area contributed by atoms with Gasteiger partial charge in [0.05, 0.1) is 7.11 Å². The van der Waals surface area contributed by atoms with E-state index in [4.69, 9.17) is 4.74 Å². The summed E-state index contributed by atoms with van der Waals surface area (Å²) < 4.78 is 5.09. The molecule has 2 N–H and O–H groups in total. The first kappa shape index (κ1) is 18.5. The molecule has 2 amide bonds. The minimum absolute atomic E-state index is 0.206. The third-order valence-corrected chi connectivity index (χ3v) is 3.83. The Labute approximate surface area is 148 Å². The number of benzene rings is 2. The maximum absolute atomic E-state index is 12.1. The predicted octanol–water partition coefficient (Wildman–Crippen LogP) is 3.46. The second kappa shape index (κ2) is 8.87. The van der Waals surface area contributed by atoms with Gasteiger partial charge in [-0.3, -0.25) is 9.59 Å². The maximum atomic E-state index is 12.1. The van der Waals surface area contributed by atoms with Crippen molar-refractivity contribution in [3.8, 4) is 5.75 Å². The fourth-order valence-corrected chi connectivity index (χ4v) is 2.46. The van der Waals surface area contributed by atoms with Crippen molar-refractivity contribution in [3.63, 3.8) is 0 Å². The Hall–Kier alpha value is -2.82. The molecule has 132 valence electrons. The van der Waals surface area contributed by atoms with Gasteiger partial charge in [0, 0.05) is 12.2 Å². The fourth-order valence-electron chi connectivity index (χ4n) is 2.46. The van der Waals surface area contributed by atoms with Gasteiger partial charge in [-0.1, -0.05) is 44.2 Å². The van der Waals surface area contributed by atoms with Crippen LogP contribution in [0.5, 0.6) is 5.75 Å². The van der Waals surface area contributed by atoms with E-state index >= 15 is 0 Å². The molecule has 0 aliphatic carbocycles. The number of hydrogen-bond acceptors (Lipinski definition) is 3. The molecule has 0 aliphatic rings. The van der Waals surface area contributed by atoms with Gasteiger partial charge < -0.3 is 15.4 Å². The molecule has 0 aromatic heterocycles. The first-order valence-corrected chi connectivity index (χ1v) is 8.28. The van der Waals surface area contributed by atoms with Gasteiger partial charge in [-0.25, -0.2) is 0 Å². The number of nitrogens with one attached hydrogen (secondary N) is 2. The van der Waals surface area contributed by atoms with Crippen molar-refractivity contribution < 1.29 is 14.3 Å². The molecule has 2 aromatic carbocycles. The molecule has 0 spiro atoms. The number of anilines is 1. The lowest BCUT2D eigenvalue weighted by Crippen LogP contribution is -2.28. The van der Waals surface area contributed by atoms with E-state index in [1.807, 2.05) is 48.5 Å². The number of amides is 2. The van der Waals surface area contributed by atoms with Gasteiger partial charge in [-0.15, -0.1) is 0 Å². The number of ether oxygens (including phenoxy) is 1. The van der Waals surface area contributed by atoms with E-state index in [9.17, 15) is 9.59 Å². The molecule has 0 saturated heterocycles. The summed E-state index contributed by atoms with van der Waals surface area (Å²) in [5.74, 6) is 0.425. The third kappa shape index (κ3) is 5.64. The molecule has 0 aliphatic heterocycles. The average molecular weight is 340 g/mol. The Kier molecular flexibility index (Phi) is 6.57. The summed E-state index contributed by atoms with van der Waals surface area (Å²) >= 11 is 0. The Morgan fingerprint density at radius 1 is 1.00 bits per heavy atom. The summed E-state index contributed by atoms with van der Waals surface area (Å²) in [6, 6.07) is 15.0. The van der Waals surface area contributed by atoms with Crippen LogP contribution >= 0.6 is 0 Å². The largest absolute Gasteiger partial charge is 0.497 e. The van der Waals surface area contributed by atoms with Crippen LogP contribution in [0.15, 0.2) is 48.5 Å². The van der Waals surface area contributed by atoms with Gasteiger partial charge in [0.2, 0.25) is 11.8 Å². The molecule has 5 nitrogen and oxygen atoms in total. The topological polar surface area (TPSA) is 67.4 Å². The monoisotopic (exact) mass is 340 g/mol. The van der Waals surface area contributed by atoms with Crippen molar-refractivity contribution in [2.45, 2.75) is 32.7 Å². The van der Waals surface area contributed by atoms with Crippen LogP contribution in [0.4, 0.5) is 5.69 Å². The molecule has 0 radical (unpaired) electrons. The highest BCUT2D eigenvalue weighted by molar-refractivity contribution is 6.03. The lowest BCUT2D eigenvalue weighted by atomic mass is 10.0. The molecule has 0 heterocycles. The Balaban J connectivity index is 1.84. The van der Waals surface area contributed by atoms with Crippen molar-refractivity contribution in [1.29, 1.82) is 0 Å². The molecular weight excluding hydrogens is 316 g/mol. The van der Waals surface area contributed by atoms with Gasteiger partial charge in [0.1, 0.15) is 12.2 Å². The lowest BCUT2D eigenvalue weighted by molar-refractivity contribution is -0.126. The zero-order chi connectivity index (χ0) is 18.2. The van der Waals surface area contributed by atoms with Crippen LogP contribution in [-0.2, 0) is 16.1 Å². The second-order valence-electron chi connectivity index (χ2n) is 6.09. The van der Waals surface area contributed by atoms with Gasteiger partial charge in [-0.05, 0) is 35.2 Å². The van der Waals surface area contributed by atoms with E-state index in [0.717, 1.165) is 22.6 Å². The number of carbonyl (C=O) groups excluding carboxylic acids is 2. The summed E-state index contributed by atoms with van der Waals surface area (Å²) in [7, 11) is 1.60. The van der Waals surface area contributed by atoms with Crippen LogP contribution in [0.25, 0.3) is 0 Å². The first-order valence-electron chi connectivity index (χ1n) is 8.28. The smallest absolute Gasteiger partial charge is 0.233 e. The fraction of sp³-hybridized carbons (Fsp3) is 0.300. The molecule has 0 fully saturated rings. The van der Waals surface area contributed by atoms with E-state index in [2.05, 4.69) is 24.5 Å². The summed E-state index contributed by atoms with van der Waals surface area (Å²) in [6.45, 7) is 4.50. The lowest BCUT2D eigenvalue weighted by Gasteiger charge is -2.13. The number of hydrogen-bond donors (Lipinski definition) is 2. The summed E-state index contributed by atoms with van der Waals surface area (Å²) in [4.78, 5) is 24.1. The number of rotatable bonds is 7. The highest BCUT2D eigenvalue weighted by Crippen LogP contribution is 2.23. The van der Waals surface area contributed by atoms with Crippen LogP contribution in [-0.4, -0.2) is 18.9 Å². The Bertz CT molecular complexity index is 724. The zero-order valence-electron chi connectivity index (χ0n) is 14.8. The molecule has 0 atom stereocenters. The van der Waals surface area contributed by atoms with Crippen LogP contribution in [0.2, 0.25) is 0 Å². The van der Waals surface area contributed by atoms with Gasteiger partial charge in [0.25, 0.3) is 0 Å². The predicted molar refractivity (Wildman–Crippen MR) is 98.6 cm³/mol.